The first-order valence-electron chi connectivity index (χ1n) is 11.0. The maximum Gasteiger partial charge on any atom is 0.301 e. The Bertz CT molecular complexity index is 1490. The standard InChI is InChI=1S/C27H21ClN2O4S/c1-3-34-19-6-4-5-17(14-19)24(31)22-23(16-8-10-18(28)11-9-16)30(26(33)25(22)32)27-29-20-12-7-15(2)13-21(20)35-27/h4-14,23,31H,3H2,1-2H3/b24-22+. The van der Waals surface area contributed by atoms with E-state index in [2.05, 4.69) is 4.98 Å². The van der Waals surface area contributed by atoms with Gasteiger partial charge in [-0.25, -0.2) is 4.98 Å². The van der Waals surface area contributed by atoms with Gasteiger partial charge in [0.05, 0.1) is 28.4 Å². The highest BCUT2D eigenvalue weighted by Crippen LogP contribution is 2.44. The van der Waals surface area contributed by atoms with Gasteiger partial charge in [0.2, 0.25) is 0 Å². The van der Waals surface area contributed by atoms with Crippen LogP contribution >= 0.6 is 22.9 Å². The van der Waals surface area contributed by atoms with Crippen LogP contribution in [0.1, 0.15) is 29.7 Å². The van der Waals surface area contributed by atoms with Gasteiger partial charge < -0.3 is 9.84 Å². The highest BCUT2D eigenvalue weighted by molar-refractivity contribution is 7.22. The van der Waals surface area contributed by atoms with E-state index in [0.717, 1.165) is 15.8 Å². The molecule has 3 aromatic carbocycles. The summed E-state index contributed by atoms with van der Waals surface area (Å²) in [6, 6.07) is 18.6. The molecule has 1 aliphatic rings. The second-order valence-electron chi connectivity index (χ2n) is 8.15. The Balaban J connectivity index is 1.71. The normalized spacial score (nSPS) is 17.3. The molecule has 5 rings (SSSR count). The lowest BCUT2D eigenvalue weighted by Crippen LogP contribution is -2.29. The molecule has 35 heavy (non-hydrogen) atoms. The van der Waals surface area contributed by atoms with Crippen LogP contribution in [0.4, 0.5) is 5.13 Å². The summed E-state index contributed by atoms with van der Waals surface area (Å²) in [5.74, 6) is -1.25. The van der Waals surface area contributed by atoms with E-state index in [0.29, 0.717) is 33.6 Å². The number of thiazole rings is 1. The van der Waals surface area contributed by atoms with Crippen LogP contribution in [0, 0.1) is 6.92 Å². The maximum absolute atomic E-state index is 13.4. The second-order valence-corrected chi connectivity index (χ2v) is 9.59. The number of Topliss-reactive ketones (excluding diaryl/α,β-unsaturated/α-hetero) is 1. The molecule has 1 saturated heterocycles. The molecule has 4 aromatic rings. The number of hydrogen-bond donors (Lipinski definition) is 1. The summed E-state index contributed by atoms with van der Waals surface area (Å²) in [4.78, 5) is 32.7. The van der Waals surface area contributed by atoms with Crippen LogP contribution in [0.15, 0.2) is 72.3 Å². The van der Waals surface area contributed by atoms with E-state index < -0.39 is 17.7 Å². The minimum Gasteiger partial charge on any atom is -0.507 e. The van der Waals surface area contributed by atoms with E-state index in [-0.39, 0.29) is 11.3 Å². The third kappa shape index (κ3) is 4.17. The first-order chi connectivity index (χ1) is 16.9. The van der Waals surface area contributed by atoms with E-state index in [9.17, 15) is 14.7 Å². The number of amides is 1. The topological polar surface area (TPSA) is 79.7 Å². The largest absolute Gasteiger partial charge is 0.507 e. The maximum atomic E-state index is 13.4. The van der Waals surface area contributed by atoms with Crippen molar-refractivity contribution in [3.8, 4) is 5.75 Å². The average molecular weight is 505 g/mol. The van der Waals surface area contributed by atoms with Crippen LogP contribution in [-0.2, 0) is 9.59 Å². The van der Waals surface area contributed by atoms with Crippen LogP contribution in [0.2, 0.25) is 5.02 Å². The van der Waals surface area contributed by atoms with Crippen molar-refractivity contribution in [2.45, 2.75) is 19.9 Å². The number of carbonyl (C=O) groups is 2. The van der Waals surface area contributed by atoms with Crippen LogP contribution < -0.4 is 9.64 Å². The highest BCUT2D eigenvalue weighted by Gasteiger charge is 2.48. The van der Waals surface area contributed by atoms with Gasteiger partial charge in [-0.15, -0.1) is 0 Å². The number of benzene rings is 3. The molecule has 0 saturated carbocycles. The Labute approximate surface area is 211 Å². The summed E-state index contributed by atoms with van der Waals surface area (Å²) in [7, 11) is 0. The molecule has 2 heterocycles. The number of ketones is 1. The zero-order chi connectivity index (χ0) is 24.7. The van der Waals surface area contributed by atoms with Crippen LogP contribution in [0.5, 0.6) is 5.75 Å². The number of carbonyl (C=O) groups excluding carboxylic acids is 2. The highest BCUT2D eigenvalue weighted by atomic mass is 35.5. The van der Waals surface area contributed by atoms with Crippen molar-refractivity contribution in [1.82, 2.24) is 4.98 Å². The van der Waals surface area contributed by atoms with Gasteiger partial charge in [0.15, 0.2) is 5.13 Å². The lowest BCUT2D eigenvalue weighted by molar-refractivity contribution is -0.132. The third-order valence-electron chi connectivity index (χ3n) is 5.79. The molecule has 0 bridgehead atoms. The van der Waals surface area contributed by atoms with Gasteiger partial charge in [-0.1, -0.05) is 53.3 Å². The molecule has 0 aliphatic carbocycles. The number of halogens is 1. The molecule has 176 valence electrons. The second kappa shape index (κ2) is 9.17. The minimum absolute atomic E-state index is 0.0126. The number of aliphatic hydroxyl groups is 1. The van der Waals surface area contributed by atoms with Gasteiger partial charge in [-0.05, 0) is 61.4 Å². The van der Waals surface area contributed by atoms with Gasteiger partial charge >= 0.3 is 5.91 Å². The molecular weight excluding hydrogens is 484 g/mol. The monoisotopic (exact) mass is 504 g/mol. The Morgan fingerprint density at radius 2 is 1.89 bits per heavy atom. The molecule has 1 fully saturated rings. The van der Waals surface area contributed by atoms with Crippen LogP contribution in [0.3, 0.4) is 0 Å². The van der Waals surface area contributed by atoms with Gasteiger partial charge in [-0.2, -0.15) is 0 Å². The quantitative estimate of drug-likeness (QED) is 0.196. The summed E-state index contributed by atoms with van der Waals surface area (Å²) in [5, 5.41) is 12.2. The summed E-state index contributed by atoms with van der Waals surface area (Å²) < 4.78 is 6.45. The molecule has 1 N–H and O–H groups in total. The molecule has 0 spiro atoms. The smallest absolute Gasteiger partial charge is 0.301 e. The average Bonchev–Trinajstić information content (AvgIpc) is 3.37. The van der Waals surface area contributed by atoms with Crippen molar-refractivity contribution in [2.24, 2.45) is 0 Å². The molecule has 6 nitrogen and oxygen atoms in total. The predicted molar refractivity (Wildman–Crippen MR) is 138 cm³/mol. The Hall–Kier alpha value is -3.68. The number of aliphatic hydroxyl groups excluding tert-OH is 1. The van der Waals surface area contributed by atoms with Crippen molar-refractivity contribution < 1.29 is 19.4 Å². The first kappa shape index (κ1) is 23.1. The molecule has 0 radical (unpaired) electrons. The van der Waals surface area contributed by atoms with E-state index in [1.165, 1.54) is 16.2 Å². The number of ether oxygens (including phenoxy) is 1. The number of rotatable bonds is 5. The van der Waals surface area contributed by atoms with E-state index >= 15 is 0 Å². The number of aromatic nitrogens is 1. The predicted octanol–water partition coefficient (Wildman–Crippen LogP) is 6.28. The van der Waals surface area contributed by atoms with Crippen LogP contribution in [-0.4, -0.2) is 28.4 Å². The zero-order valence-corrected chi connectivity index (χ0v) is 20.6. The van der Waals surface area contributed by atoms with Gasteiger partial charge in [0.1, 0.15) is 11.5 Å². The number of fused-ring (bicyclic) bond motifs is 1. The van der Waals surface area contributed by atoms with Crippen molar-refractivity contribution in [1.29, 1.82) is 0 Å². The van der Waals surface area contributed by atoms with E-state index in [1.807, 2.05) is 32.0 Å². The summed E-state index contributed by atoms with van der Waals surface area (Å²) >= 11 is 7.43. The summed E-state index contributed by atoms with van der Waals surface area (Å²) in [5.41, 5.74) is 2.80. The molecule has 1 atom stereocenters. The number of aryl methyl sites for hydroxylation is 1. The molecule has 1 unspecified atom stereocenters. The van der Waals surface area contributed by atoms with Gasteiger partial charge in [0, 0.05) is 10.6 Å². The van der Waals surface area contributed by atoms with Gasteiger partial charge in [-0.3, -0.25) is 14.5 Å². The van der Waals surface area contributed by atoms with Crippen molar-refractivity contribution >= 4 is 55.7 Å². The number of anilines is 1. The Morgan fingerprint density at radius 3 is 2.63 bits per heavy atom. The number of hydrogen-bond acceptors (Lipinski definition) is 6. The van der Waals surface area contributed by atoms with Crippen molar-refractivity contribution in [3.63, 3.8) is 0 Å². The first-order valence-corrected chi connectivity index (χ1v) is 12.2. The van der Waals surface area contributed by atoms with Gasteiger partial charge in [0.25, 0.3) is 5.78 Å². The molecule has 1 amide bonds. The fraction of sp³-hybridized carbons (Fsp3) is 0.148. The molecule has 1 aromatic heterocycles. The Morgan fingerprint density at radius 1 is 1.11 bits per heavy atom. The van der Waals surface area contributed by atoms with Crippen LogP contribution in [0.25, 0.3) is 16.0 Å². The third-order valence-corrected chi connectivity index (χ3v) is 7.06. The summed E-state index contributed by atoms with van der Waals surface area (Å²) in [6.07, 6.45) is 0. The Kier molecular flexibility index (Phi) is 6.05. The SMILES string of the molecule is CCOc1cccc(/C(O)=C2\C(=O)C(=O)N(c3nc4ccc(C)cc4s3)C2c2ccc(Cl)cc2)c1. The lowest BCUT2D eigenvalue weighted by Gasteiger charge is -2.23. The fourth-order valence-corrected chi connectivity index (χ4v) is 5.38. The van der Waals surface area contributed by atoms with E-state index in [4.69, 9.17) is 16.3 Å². The number of nitrogens with zero attached hydrogens (tertiary/aromatic N) is 2. The van der Waals surface area contributed by atoms with Crippen molar-refractivity contribution in [3.05, 3.63) is 94.0 Å². The molecular formula is C27H21ClN2O4S. The molecule has 1 aliphatic heterocycles. The fourth-order valence-electron chi connectivity index (χ4n) is 4.17. The zero-order valence-electron chi connectivity index (χ0n) is 19.0. The minimum atomic E-state index is -0.871. The molecule has 8 heteroatoms. The van der Waals surface area contributed by atoms with E-state index in [1.54, 1.807) is 48.5 Å². The lowest BCUT2D eigenvalue weighted by atomic mass is 9.95. The summed E-state index contributed by atoms with van der Waals surface area (Å²) in [6.45, 7) is 4.30. The van der Waals surface area contributed by atoms with Crippen molar-refractivity contribution in [2.75, 3.05) is 11.5 Å².